The number of rotatable bonds is 14. The van der Waals surface area contributed by atoms with Crippen LogP contribution >= 0.6 is 0 Å². The Labute approximate surface area is 125 Å². The summed E-state index contributed by atoms with van der Waals surface area (Å²) in [5.74, 6) is 5.39. The lowest BCUT2D eigenvalue weighted by atomic mass is 10.0. The summed E-state index contributed by atoms with van der Waals surface area (Å²) in [6.07, 6.45) is 16.5. The maximum absolute atomic E-state index is 10.3. The number of hydrogen-bond donors (Lipinski definition) is 1. The molecule has 2 nitrogen and oxygen atoms in total. The molecule has 0 fully saturated rings. The highest BCUT2D eigenvalue weighted by Gasteiger charge is 1.96. The van der Waals surface area contributed by atoms with Crippen molar-refractivity contribution in [2.24, 2.45) is 0 Å². The van der Waals surface area contributed by atoms with Gasteiger partial charge in [-0.15, -0.1) is 11.8 Å². The van der Waals surface area contributed by atoms with Crippen LogP contribution in [0.2, 0.25) is 0 Å². The molecule has 0 aromatic carbocycles. The Morgan fingerprint density at radius 1 is 0.750 bits per heavy atom. The zero-order valence-corrected chi connectivity index (χ0v) is 13.3. The lowest BCUT2D eigenvalue weighted by molar-refractivity contribution is -0.137. The molecule has 0 aliphatic heterocycles. The zero-order valence-electron chi connectivity index (χ0n) is 13.3. The number of carboxylic acids is 1. The van der Waals surface area contributed by atoms with Gasteiger partial charge in [0, 0.05) is 12.8 Å². The molecule has 0 bridgehead atoms. The molecule has 1 N–H and O–H groups in total. The number of hydrogen-bond acceptors (Lipinski definition) is 1. The summed E-state index contributed by atoms with van der Waals surface area (Å²) >= 11 is 0. The van der Waals surface area contributed by atoms with Crippen LogP contribution in [0.5, 0.6) is 0 Å². The molecule has 0 atom stereocenters. The smallest absolute Gasteiger partial charge is 0.303 e. The normalized spacial score (nSPS) is 10.1. The van der Waals surface area contributed by atoms with Gasteiger partial charge in [0.2, 0.25) is 0 Å². The van der Waals surface area contributed by atoms with E-state index in [4.69, 9.17) is 5.11 Å². The van der Waals surface area contributed by atoms with Gasteiger partial charge in [-0.1, -0.05) is 64.2 Å². The molecule has 116 valence electrons. The lowest BCUT2D eigenvalue weighted by Crippen LogP contribution is -1.93. The van der Waals surface area contributed by atoms with E-state index in [0.717, 1.165) is 19.3 Å². The Morgan fingerprint density at radius 3 is 1.55 bits per heavy atom. The average molecular weight is 280 g/mol. The minimum Gasteiger partial charge on any atom is -0.481 e. The summed E-state index contributed by atoms with van der Waals surface area (Å²) in [6.45, 7) is 1.91. The van der Waals surface area contributed by atoms with E-state index >= 15 is 0 Å². The summed E-state index contributed by atoms with van der Waals surface area (Å²) in [5, 5.41) is 8.51. The van der Waals surface area contributed by atoms with Gasteiger partial charge < -0.3 is 5.11 Å². The minimum atomic E-state index is -0.660. The molecule has 0 aliphatic rings. The van der Waals surface area contributed by atoms with Crippen LogP contribution in [0.25, 0.3) is 0 Å². The van der Waals surface area contributed by atoms with Gasteiger partial charge in [0.1, 0.15) is 0 Å². The van der Waals surface area contributed by atoms with Crippen molar-refractivity contribution in [3.05, 3.63) is 0 Å². The van der Waals surface area contributed by atoms with E-state index in [9.17, 15) is 4.79 Å². The maximum atomic E-state index is 10.3. The van der Waals surface area contributed by atoms with E-state index in [1.165, 1.54) is 64.2 Å². The monoisotopic (exact) mass is 280 g/mol. The van der Waals surface area contributed by atoms with Crippen LogP contribution in [0.15, 0.2) is 0 Å². The number of carbonyl (C=O) groups is 1. The molecule has 0 aliphatic carbocycles. The van der Waals surface area contributed by atoms with E-state index in [-0.39, 0.29) is 0 Å². The average Bonchev–Trinajstić information content (AvgIpc) is 2.43. The molecule has 0 radical (unpaired) electrons. The molecule has 0 rings (SSSR count). The highest BCUT2D eigenvalue weighted by Crippen LogP contribution is 2.12. The van der Waals surface area contributed by atoms with Gasteiger partial charge in [-0.3, -0.25) is 4.79 Å². The Morgan fingerprint density at radius 2 is 1.15 bits per heavy atom. The summed E-state index contributed by atoms with van der Waals surface area (Å²) in [4.78, 5) is 10.3. The van der Waals surface area contributed by atoms with Crippen molar-refractivity contribution in [3.63, 3.8) is 0 Å². The standard InChI is InChI=1S/C18H32O2/c1-2-3-4-5-6-7-8-9-10-11-12-13-14-15-16-17-18(19)20/h4-17H2,1H3,(H,19,20). The predicted octanol–water partition coefficient (Wildman–Crippen LogP) is 5.56. The second kappa shape index (κ2) is 16.1. The molecule has 0 aromatic rings. The van der Waals surface area contributed by atoms with Gasteiger partial charge in [0.15, 0.2) is 0 Å². The summed E-state index contributed by atoms with van der Waals surface area (Å²) < 4.78 is 0. The number of aliphatic carboxylic acids is 1. The fraction of sp³-hybridized carbons (Fsp3) is 0.833. The highest BCUT2D eigenvalue weighted by atomic mass is 16.4. The number of unbranched alkanes of at least 4 members (excludes halogenated alkanes) is 12. The van der Waals surface area contributed by atoms with Gasteiger partial charge in [0.25, 0.3) is 0 Å². The first-order valence-electron chi connectivity index (χ1n) is 8.38. The van der Waals surface area contributed by atoms with E-state index in [0.29, 0.717) is 6.42 Å². The Balaban J connectivity index is 2.98. The Bertz CT molecular complexity index is 273. The molecule has 20 heavy (non-hydrogen) atoms. The number of carboxylic acid groups (broad SMARTS) is 1. The first kappa shape index (κ1) is 19.0. The summed E-state index contributed by atoms with van der Waals surface area (Å²) in [7, 11) is 0. The van der Waals surface area contributed by atoms with Crippen molar-refractivity contribution < 1.29 is 9.90 Å². The van der Waals surface area contributed by atoms with E-state index in [2.05, 4.69) is 11.8 Å². The van der Waals surface area contributed by atoms with Gasteiger partial charge in [-0.25, -0.2) is 0 Å². The van der Waals surface area contributed by atoms with Crippen LogP contribution < -0.4 is 0 Å². The fourth-order valence-corrected chi connectivity index (χ4v) is 2.38. The molecule has 0 saturated carbocycles. The van der Waals surface area contributed by atoms with Crippen molar-refractivity contribution in [1.82, 2.24) is 0 Å². The van der Waals surface area contributed by atoms with Gasteiger partial charge in [0.05, 0.1) is 0 Å². The van der Waals surface area contributed by atoms with Crippen molar-refractivity contribution in [2.45, 2.75) is 96.8 Å². The molecular formula is C18H32O2. The van der Waals surface area contributed by atoms with Crippen molar-refractivity contribution in [1.29, 1.82) is 0 Å². The second-order valence-corrected chi connectivity index (χ2v) is 5.56. The topological polar surface area (TPSA) is 37.3 Å². The summed E-state index contributed by atoms with van der Waals surface area (Å²) in [6, 6.07) is 0. The first-order chi connectivity index (χ1) is 9.77. The minimum absolute atomic E-state index is 0.337. The van der Waals surface area contributed by atoms with Crippen molar-refractivity contribution in [2.75, 3.05) is 0 Å². The molecule has 0 unspecified atom stereocenters. The molecule has 0 amide bonds. The highest BCUT2D eigenvalue weighted by molar-refractivity contribution is 5.66. The van der Waals surface area contributed by atoms with Crippen LogP contribution in [-0.4, -0.2) is 11.1 Å². The quantitative estimate of drug-likeness (QED) is 0.334. The van der Waals surface area contributed by atoms with Gasteiger partial charge >= 0.3 is 5.97 Å². The Kier molecular flexibility index (Phi) is 15.3. The van der Waals surface area contributed by atoms with Crippen LogP contribution in [-0.2, 0) is 4.79 Å². The van der Waals surface area contributed by atoms with Crippen LogP contribution in [0.1, 0.15) is 96.8 Å². The Hall–Kier alpha value is -0.970. The third-order valence-corrected chi connectivity index (χ3v) is 3.62. The second-order valence-electron chi connectivity index (χ2n) is 5.56. The largest absolute Gasteiger partial charge is 0.481 e. The van der Waals surface area contributed by atoms with Crippen LogP contribution in [0.3, 0.4) is 0 Å². The molecule has 0 spiro atoms. The van der Waals surface area contributed by atoms with Crippen molar-refractivity contribution >= 4 is 5.97 Å². The van der Waals surface area contributed by atoms with E-state index < -0.39 is 5.97 Å². The molecule has 0 heterocycles. The zero-order chi connectivity index (χ0) is 14.9. The first-order valence-corrected chi connectivity index (χ1v) is 8.38. The van der Waals surface area contributed by atoms with Gasteiger partial charge in [-0.05, 0) is 19.8 Å². The van der Waals surface area contributed by atoms with Gasteiger partial charge in [-0.2, -0.15) is 0 Å². The summed E-state index contributed by atoms with van der Waals surface area (Å²) in [5.41, 5.74) is 0. The van der Waals surface area contributed by atoms with E-state index in [1.54, 1.807) is 0 Å². The third kappa shape index (κ3) is 17.0. The SMILES string of the molecule is CC#CCCCCCCCCCCCCCCC(=O)O. The third-order valence-electron chi connectivity index (χ3n) is 3.62. The molecular weight excluding hydrogens is 248 g/mol. The fourth-order valence-electron chi connectivity index (χ4n) is 2.38. The van der Waals surface area contributed by atoms with Crippen molar-refractivity contribution in [3.8, 4) is 11.8 Å². The predicted molar refractivity (Wildman–Crippen MR) is 85.7 cm³/mol. The van der Waals surface area contributed by atoms with E-state index in [1.807, 2.05) is 6.92 Å². The van der Waals surface area contributed by atoms with Crippen LogP contribution in [0.4, 0.5) is 0 Å². The van der Waals surface area contributed by atoms with Crippen LogP contribution in [0, 0.1) is 11.8 Å². The lowest BCUT2D eigenvalue weighted by Gasteiger charge is -2.02. The maximum Gasteiger partial charge on any atom is 0.303 e. The molecule has 2 heteroatoms. The molecule has 0 aromatic heterocycles. The molecule has 0 saturated heterocycles.